The second kappa shape index (κ2) is 9.14. The van der Waals surface area contributed by atoms with Gasteiger partial charge in [0.05, 0.1) is 20.4 Å². The lowest BCUT2D eigenvalue weighted by atomic mass is 10.2. The van der Waals surface area contributed by atoms with Crippen LogP contribution < -0.4 is 14.9 Å². The average molecular weight is 396 g/mol. The molecule has 0 fully saturated rings. The number of benzene rings is 2. The van der Waals surface area contributed by atoms with Crippen molar-refractivity contribution in [2.45, 2.75) is 16.9 Å². The first-order valence-electron chi connectivity index (χ1n) is 8.48. The van der Waals surface area contributed by atoms with E-state index in [4.69, 9.17) is 13.9 Å². The van der Waals surface area contributed by atoms with E-state index in [-0.39, 0.29) is 5.91 Å². The molecule has 0 atom stereocenters. The number of nitrogens with one attached hydrogen (secondary N) is 1. The minimum absolute atomic E-state index is 0.378. The van der Waals surface area contributed by atoms with Crippen molar-refractivity contribution in [2.75, 3.05) is 14.2 Å². The highest BCUT2D eigenvalue weighted by Gasteiger charge is 2.09. The summed E-state index contributed by atoms with van der Waals surface area (Å²) in [6.07, 6.45) is 1.45. The Balaban J connectivity index is 1.61. The van der Waals surface area contributed by atoms with Gasteiger partial charge in [-0.1, -0.05) is 29.5 Å². The van der Waals surface area contributed by atoms with Crippen molar-refractivity contribution in [2.24, 2.45) is 5.10 Å². The number of hydrazone groups is 1. The van der Waals surface area contributed by atoms with Crippen LogP contribution in [0.4, 0.5) is 0 Å². The molecule has 1 N–H and O–H groups in total. The minimum Gasteiger partial charge on any atom is -0.497 e. The van der Waals surface area contributed by atoms with Crippen molar-refractivity contribution in [1.29, 1.82) is 0 Å². The fourth-order valence-corrected chi connectivity index (χ4v) is 3.12. The average Bonchev–Trinajstić information content (AvgIpc) is 3.16. The van der Waals surface area contributed by atoms with E-state index >= 15 is 0 Å². The van der Waals surface area contributed by atoms with E-state index < -0.39 is 0 Å². The zero-order chi connectivity index (χ0) is 19.9. The Bertz CT molecular complexity index is 958. The van der Waals surface area contributed by atoms with Gasteiger partial charge in [0.15, 0.2) is 5.09 Å². The number of furan rings is 1. The Hall–Kier alpha value is -3.19. The van der Waals surface area contributed by atoms with Crippen LogP contribution >= 0.6 is 11.8 Å². The topological polar surface area (TPSA) is 73.1 Å². The van der Waals surface area contributed by atoms with Gasteiger partial charge < -0.3 is 13.9 Å². The lowest BCUT2D eigenvalue weighted by molar-refractivity contribution is 0.0954. The van der Waals surface area contributed by atoms with E-state index in [0.717, 1.165) is 9.99 Å². The van der Waals surface area contributed by atoms with Crippen LogP contribution in [0.25, 0.3) is 0 Å². The molecule has 1 heterocycles. The number of carbonyl (C=O) groups excluding carboxylic acids is 1. The molecule has 3 aromatic rings. The van der Waals surface area contributed by atoms with Crippen molar-refractivity contribution < 1.29 is 18.7 Å². The van der Waals surface area contributed by atoms with Gasteiger partial charge in [0.25, 0.3) is 5.91 Å². The quantitative estimate of drug-likeness (QED) is 0.469. The third kappa shape index (κ3) is 5.17. The van der Waals surface area contributed by atoms with Gasteiger partial charge in [-0.15, -0.1) is 0 Å². The molecular formula is C21H20N2O4S. The first-order chi connectivity index (χ1) is 13.6. The largest absolute Gasteiger partial charge is 0.497 e. The van der Waals surface area contributed by atoms with Crippen LogP contribution in [0.5, 0.6) is 11.5 Å². The summed E-state index contributed by atoms with van der Waals surface area (Å²) >= 11 is 1.52. The molecule has 7 heteroatoms. The van der Waals surface area contributed by atoms with Crippen LogP contribution in [0.3, 0.4) is 0 Å². The Morgan fingerprint density at radius 3 is 2.36 bits per heavy atom. The Labute approximate surface area is 167 Å². The molecule has 0 aliphatic carbocycles. The van der Waals surface area contributed by atoms with Gasteiger partial charge in [-0.2, -0.15) is 5.10 Å². The molecule has 0 saturated heterocycles. The summed E-state index contributed by atoms with van der Waals surface area (Å²) in [6.45, 7) is 2.05. The molecule has 0 aliphatic heterocycles. The second-order valence-corrected chi connectivity index (χ2v) is 6.95. The zero-order valence-electron chi connectivity index (χ0n) is 15.8. The maximum Gasteiger partial charge on any atom is 0.271 e. The molecule has 0 saturated carbocycles. The number of rotatable bonds is 7. The number of ether oxygens (including phenoxy) is 2. The van der Waals surface area contributed by atoms with Crippen molar-refractivity contribution in [1.82, 2.24) is 5.43 Å². The first kappa shape index (κ1) is 19.6. The molecule has 0 bridgehead atoms. The summed E-state index contributed by atoms with van der Waals surface area (Å²) in [5.41, 5.74) is 4.06. The summed E-state index contributed by atoms with van der Waals surface area (Å²) < 4.78 is 16.0. The second-order valence-electron chi connectivity index (χ2n) is 5.87. The number of hydrogen-bond acceptors (Lipinski definition) is 6. The van der Waals surface area contributed by atoms with Crippen molar-refractivity contribution >= 4 is 23.9 Å². The third-order valence-electron chi connectivity index (χ3n) is 3.81. The normalized spacial score (nSPS) is 10.8. The van der Waals surface area contributed by atoms with Gasteiger partial charge in [-0.05, 0) is 43.3 Å². The third-order valence-corrected chi connectivity index (χ3v) is 4.74. The fraction of sp³-hybridized carbons (Fsp3) is 0.143. The van der Waals surface area contributed by atoms with Gasteiger partial charge in [0, 0.05) is 16.5 Å². The number of nitrogens with zero attached hydrogens (tertiary/aromatic N) is 1. The van der Waals surface area contributed by atoms with Gasteiger partial charge in [0.1, 0.15) is 17.3 Å². The maximum atomic E-state index is 12.3. The summed E-state index contributed by atoms with van der Waals surface area (Å²) in [4.78, 5) is 13.4. The zero-order valence-corrected chi connectivity index (χ0v) is 16.6. The number of aryl methyl sites for hydroxylation is 1. The molecule has 6 nitrogen and oxygen atoms in total. The Morgan fingerprint density at radius 2 is 1.71 bits per heavy atom. The summed E-state index contributed by atoms with van der Waals surface area (Å²) in [5.74, 6) is 1.21. The summed E-state index contributed by atoms with van der Waals surface area (Å²) in [5, 5.41) is 4.70. The molecule has 1 amide bonds. The van der Waals surface area contributed by atoms with Crippen LogP contribution in [0.1, 0.15) is 21.7 Å². The van der Waals surface area contributed by atoms with Crippen LogP contribution in [0, 0.1) is 6.92 Å². The van der Waals surface area contributed by atoms with Crippen LogP contribution in [0.15, 0.2) is 74.1 Å². The highest BCUT2D eigenvalue weighted by atomic mass is 32.2. The molecule has 0 aliphatic rings. The molecule has 0 unspecified atom stereocenters. The monoisotopic (exact) mass is 396 g/mol. The van der Waals surface area contributed by atoms with Gasteiger partial charge >= 0.3 is 0 Å². The summed E-state index contributed by atoms with van der Waals surface area (Å²) in [7, 11) is 3.05. The standard InChI is InChI=1S/C21H20N2O4S/c1-14-4-7-19(8-5-14)28-20-9-6-16(27-20)13-22-23-21(24)15-10-17(25-2)12-18(11-15)26-3/h4-13H,1-3H3,(H,23,24)/b22-13-. The molecule has 1 aromatic heterocycles. The van der Waals surface area contributed by atoms with E-state index in [1.54, 1.807) is 24.3 Å². The molecule has 144 valence electrons. The van der Waals surface area contributed by atoms with Gasteiger partial charge in [-0.25, -0.2) is 5.43 Å². The van der Waals surface area contributed by atoms with Crippen molar-refractivity contribution in [3.8, 4) is 11.5 Å². The predicted molar refractivity (Wildman–Crippen MR) is 109 cm³/mol. The smallest absolute Gasteiger partial charge is 0.271 e. The molecule has 0 radical (unpaired) electrons. The van der Waals surface area contributed by atoms with Crippen LogP contribution in [-0.4, -0.2) is 26.3 Å². The number of methoxy groups -OCH3 is 2. The van der Waals surface area contributed by atoms with E-state index in [0.29, 0.717) is 22.8 Å². The van der Waals surface area contributed by atoms with Crippen LogP contribution in [-0.2, 0) is 0 Å². The number of amides is 1. The maximum absolute atomic E-state index is 12.3. The number of carbonyl (C=O) groups is 1. The van der Waals surface area contributed by atoms with E-state index in [1.807, 2.05) is 25.1 Å². The highest BCUT2D eigenvalue weighted by Crippen LogP contribution is 2.29. The molecule has 2 aromatic carbocycles. The van der Waals surface area contributed by atoms with Crippen molar-refractivity contribution in [3.63, 3.8) is 0 Å². The first-order valence-corrected chi connectivity index (χ1v) is 9.30. The molecular weight excluding hydrogens is 376 g/mol. The van der Waals surface area contributed by atoms with E-state index in [9.17, 15) is 4.79 Å². The predicted octanol–water partition coefficient (Wildman–Crippen LogP) is 4.52. The number of hydrogen-bond donors (Lipinski definition) is 1. The Kier molecular flexibility index (Phi) is 6.39. The lowest BCUT2D eigenvalue weighted by Gasteiger charge is -2.07. The van der Waals surface area contributed by atoms with E-state index in [1.165, 1.54) is 37.8 Å². The van der Waals surface area contributed by atoms with Crippen molar-refractivity contribution in [3.05, 3.63) is 71.5 Å². The molecule has 0 spiro atoms. The highest BCUT2D eigenvalue weighted by molar-refractivity contribution is 7.99. The van der Waals surface area contributed by atoms with Crippen LogP contribution in [0.2, 0.25) is 0 Å². The Morgan fingerprint density at radius 1 is 1.04 bits per heavy atom. The van der Waals surface area contributed by atoms with Gasteiger partial charge in [-0.3, -0.25) is 4.79 Å². The SMILES string of the molecule is COc1cc(OC)cc(C(=O)N/N=C\c2ccc(Sc3ccc(C)cc3)o2)c1. The van der Waals surface area contributed by atoms with Gasteiger partial charge in [0.2, 0.25) is 0 Å². The fourth-order valence-electron chi connectivity index (χ4n) is 2.34. The molecule has 28 heavy (non-hydrogen) atoms. The lowest BCUT2D eigenvalue weighted by Crippen LogP contribution is -2.17. The summed E-state index contributed by atoms with van der Waals surface area (Å²) in [6, 6.07) is 16.7. The molecule has 3 rings (SSSR count). The minimum atomic E-state index is -0.380. The van der Waals surface area contributed by atoms with E-state index in [2.05, 4.69) is 22.7 Å².